The monoisotopic (exact) mass is 248 g/mol. The molecular formula is C17H12O2. The fourth-order valence-electron chi connectivity index (χ4n) is 1.94. The second-order valence-corrected chi connectivity index (χ2v) is 4.27. The van der Waals surface area contributed by atoms with Crippen molar-refractivity contribution in [3.8, 4) is 0 Å². The average molecular weight is 248 g/mol. The summed E-state index contributed by atoms with van der Waals surface area (Å²) >= 11 is 0. The van der Waals surface area contributed by atoms with Crippen LogP contribution in [0.3, 0.4) is 0 Å². The number of benzene rings is 2. The summed E-state index contributed by atoms with van der Waals surface area (Å²) in [5.74, 6) is 0. The molecule has 0 N–H and O–H groups in total. The highest BCUT2D eigenvalue weighted by molar-refractivity contribution is 5.80. The molecule has 0 radical (unpaired) electrons. The SMILES string of the molecule is O=c1oc2ccccc2cc1C=Cc1ccccc1. The van der Waals surface area contributed by atoms with Gasteiger partial charge in [-0.2, -0.15) is 0 Å². The highest BCUT2D eigenvalue weighted by Gasteiger charge is 2.01. The summed E-state index contributed by atoms with van der Waals surface area (Å²) < 4.78 is 5.27. The van der Waals surface area contributed by atoms with Gasteiger partial charge < -0.3 is 4.42 Å². The maximum atomic E-state index is 11.8. The van der Waals surface area contributed by atoms with Gasteiger partial charge in [0.1, 0.15) is 5.58 Å². The molecule has 0 amide bonds. The van der Waals surface area contributed by atoms with Gasteiger partial charge in [0.2, 0.25) is 0 Å². The van der Waals surface area contributed by atoms with Gasteiger partial charge in [-0.3, -0.25) is 0 Å². The van der Waals surface area contributed by atoms with Gasteiger partial charge in [-0.25, -0.2) is 4.79 Å². The van der Waals surface area contributed by atoms with Gasteiger partial charge in [-0.05, 0) is 23.8 Å². The lowest BCUT2D eigenvalue weighted by Gasteiger charge is -1.97. The van der Waals surface area contributed by atoms with E-state index in [0.717, 1.165) is 10.9 Å². The minimum absolute atomic E-state index is 0.314. The fourth-order valence-corrected chi connectivity index (χ4v) is 1.94. The summed E-state index contributed by atoms with van der Waals surface area (Å²) in [5, 5.41) is 0.926. The molecule has 0 saturated carbocycles. The van der Waals surface area contributed by atoms with E-state index in [1.807, 2.05) is 60.7 Å². The number of rotatable bonds is 2. The lowest BCUT2D eigenvalue weighted by molar-refractivity contribution is 0.559. The average Bonchev–Trinajstić information content (AvgIpc) is 2.46. The van der Waals surface area contributed by atoms with Gasteiger partial charge in [-0.1, -0.05) is 54.6 Å². The van der Waals surface area contributed by atoms with Gasteiger partial charge in [0, 0.05) is 5.39 Å². The van der Waals surface area contributed by atoms with Crippen LogP contribution in [0.15, 0.2) is 69.9 Å². The molecule has 0 spiro atoms. The highest BCUT2D eigenvalue weighted by Crippen LogP contribution is 2.14. The third-order valence-electron chi connectivity index (χ3n) is 2.92. The van der Waals surface area contributed by atoms with Crippen molar-refractivity contribution in [1.82, 2.24) is 0 Å². The van der Waals surface area contributed by atoms with E-state index < -0.39 is 0 Å². The van der Waals surface area contributed by atoms with Crippen molar-refractivity contribution in [3.63, 3.8) is 0 Å². The zero-order valence-corrected chi connectivity index (χ0v) is 10.2. The normalized spacial score (nSPS) is 11.2. The molecule has 2 aromatic carbocycles. The van der Waals surface area contributed by atoms with E-state index in [9.17, 15) is 4.79 Å². The Hall–Kier alpha value is -2.61. The molecule has 0 aliphatic carbocycles. The van der Waals surface area contributed by atoms with E-state index in [1.165, 1.54) is 0 Å². The molecule has 92 valence electrons. The quantitative estimate of drug-likeness (QED) is 0.642. The number of para-hydroxylation sites is 1. The zero-order valence-electron chi connectivity index (χ0n) is 10.2. The van der Waals surface area contributed by atoms with Crippen LogP contribution in [-0.4, -0.2) is 0 Å². The van der Waals surface area contributed by atoms with Crippen LogP contribution in [-0.2, 0) is 0 Å². The molecule has 1 heterocycles. The molecule has 0 bridgehead atoms. The van der Waals surface area contributed by atoms with Crippen LogP contribution in [0.25, 0.3) is 23.1 Å². The standard InChI is InChI=1S/C17H12O2/c18-17-15(11-10-13-6-2-1-3-7-13)12-14-8-4-5-9-16(14)19-17/h1-12H. The molecule has 19 heavy (non-hydrogen) atoms. The maximum Gasteiger partial charge on any atom is 0.343 e. The summed E-state index contributed by atoms with van der Waals surface area (Å²) in [4.78, 5) is 11.8. The van der Waals surface area contributed by atoms with E-state index in [1.54, 1.807) is 12.1 Å². The Labute approximate surface area is 110 Å². The van der Waals surface area contributed by atoms with Crippen molar-refractivity contribution >= 4 is 23.1 Å². The van der Waals surface area contributed by atoms with Gasteiger partial charge in [0.05, 0.1) is 5.56 Å². The van der Waals surface area contributed by atoms with Crippen molar-refractivity contribution in [2.45, 2.75) is 0 Å². The molecule has 3 aromatic rings. The molecule has 2 heteroatoms. The van der Waals surface area contributed by atoms with E-state index >= 15 is 0 Å². The molecule has 0 aliphatic heterocycles. The topological polar surface area (TPSA) is 30.2 Å². The van der Waals surface area contributed by atoms with Crippen LogP contribution in [0.5, 0.6) is 0 Å². The van der Waals surface area contributed by atoms with E-state index in [2.05, 4.69) is 0 Å². The minimum Gasteiger partial charge on any atom is -0.422 e. The summed E-state index contributed by atoms with van der Waals surface area (Å²) in [6.07, 6.45) is 3.69. The zero-order chi connectivity index (χ0) is 13.1. The smallest absolute Gasteiger partial charge is 0.343 e. The first-order valence-corrected chi connectivity index (χ1v) is 6.09. The number of hydrogen-bond donors (Lipinski definition) is 0. The first-order valence-electron chi connectivity index (χ1n) is 6.09. The first kappa shape index (κ1) is 11.5. The van der Waals surface area contributed by atoms with Gasteiger partial charge in [0.15, 0.2) is 0 Å². The molecule has 0 fully saturated rings. The minimum atomic E-state index is -0.314. The Bertz CT molecular complexity index is 783. The van der Waals surface area contributed by atoms with Crippen LogP contribution in [0, 0.1) is 0 Å². The van der Waals surface area contributed by atoms with Crippen molar-refractivity contribution in [2.24, 2.45) is 0 Å². The second-order valence-electron chi connectivity index (χ2n) is 4.27. The Morgan fingerprint density at radius 1 is 0.842 bits per heavy atom. The maximum absolute atomic E-state index is 11.8. The van der Waals surface area contributed by atoms with Crippen LogP contribution in [0.4, 0.5) is 0 Å². The number of hydrogen-bond acceptors (Lipinski definition) is 2. The molecule has 1 aromatic heterocycles. The van der Waals surface area contributed by atoms with Crippen molar-refractivity contribution in [1.29, 1.82) is 0 Å². The van der Waals surface area contributed by atoms with Crippen molar-refractivity contribution in [3.05, 3.63) is 82.2 Å². The van der Waals surface area contributed by atoms with E-state index in [-0.39, 0.29) is 5.63 Å². The highest BCUT2D eigenvalue weighted by atomic mass is 16.4. The predicted molar refractivity (Wildman–Crippen MR) is 77.9 cm³/mol. The van der Waals surface area contributed by atoms with Gasteiger partial charge in [-0.15, -0.1) is 0 Å². The molecular weight excluding hydrogens is 236 g/mol. The van der Waals surface area contributed by atoms with E-state index in [4.69, 9.17) is 4.42 Å². The third-order valence-corrected chi connectivity index (χ3v) is 2.92. The Balaban J connectivity index is 2.04. The largest absolute Gasteiger partial charge is 0.422 e. The molecule has 0 saturated heterocycles. The van der Waals surface area contributed by atoms with Crippen LogP contribution in [0.1, 0.15) is 11.1 Å². The summed E-state index contributed by atoms with van der Waals surface area (Å²) in [7, 11) is 0. The fraction of sp³-hybridized carbons (Fsp3) is 0. The summed E-state index contributed by atoms with van der Waals surface area (Å²) in [6, 6.07) is 19.2. The van der Waals surface area contributed by atoms with Crippen LogP contribution < -0.4 is 5.63 Å². The second kappa shape index (κ2) is 4.94. The molecule has 2 nitrogen and oxygen atoms in total. The lowest BCUT2D eigenvalue weighted by atomic mass is 10.1. The van der Waals surface area contributed by atoms with Crippen molar-refractivity contribution in [2.75, 3.05) is 0 Å². The molecule has 3 rings (SSSR count). The van der Waals surface area contributed by atoms with Gasteiger partial charge >= 0.3 is 5.63 Å². The van der Waals surface area contributed by atoms with Crippen LogP contribution in [0.2, 0.25) is 0 Å². The summed E-state index contributed by atoms with van der Waals surface area (Å²) in [5.41, 5.74) is 1.91. The Morgan fingerprint density at radius 2 is 1.58 bits per heavy atom. The molecule has 0 atom stereocenters. The molecule has 0 aliphatic rings. The Morgan fingerprint density at radius 3 is 2.42 bits per heavy atom. The third kappa shape index (κ3) is 2.47. The Kier molecular flexibility index (Phi) is 2.99. The van der Waals surface area contributed by atoms with Crippen molar-refractivity contribution < 1.29 is 4.42 Å². The molecule has 0 unspecified atom stereocenters. The van der Waals surface area contributed by atoms with E-state index in [0.29, 0.717) is 11.1 Å². The summed E-state index contributed by atoms with van der Waals surface area (Å²) in [6.45, 7) is 0. The van der Waals surface area contributed by atoms with Gasteiger partial charge in [0.25, 0.3) is 0 Å². The first-order chi connectivity index (χ1) is 9.33. The predicted octanol–water partition coefficient (Wildman–Crippen LogP) is 3.96. The lowest BCUT2D eigenvalue weighted by Crippen LogP contribution is -2.01. The van der Waals surface area contributed by atoms with Crippen LogP contribution >= 0.6 is 0 Å². The number of fused-ring (bicyclic) bond motifs is 1.